The van der Waals surface area contributed by atoms with Crippen molar-refractivity contribution in [2.75, 3.05) is 13.1 Å². The minimum absolute atomic E-state index is 0.0178. The molecule has 1 fully saturated rings. The second-order valence-electron chi connectivity index (χ2n) is 4.64. The smallest absolute Gasteiger partial charge is 0.303 e. The highest BCUT2D eigenvalue weighted by Crippen LogP contribution is 2.21. The van der Waals surface area contributed by atoms with E-state index in [-0.39, 0.29) is 18.7 Å². The summed E-state index contributed by atoms with van der Waals surface area (Å²) in [5, 5.41) is 8.49. The molecule has 1 amide bonds. The highest BCUT2D eigenvalue weighted by atomic mass is 16.4. The Morgan fingerprint density at radius 1 is 1.20 bits per heavy atom. The molecule has 2 atom stereocenters. The highest BCUT2D eigenvalue weighted by Gasteiger charge is 2.25. The zero-order valence-corrected chi connectivity index (χ0v) is 9.40. The van der Waals surface area contributed by atoms with Gasteiger partial charge in [0.05, 0.1) is 6.42 Å². The molecule has 4 nitrogen and oxygen atoms in total. The van der Waals surface area contributed by atoms with Crippen molar-refractivity contribution >= 4 is 11.9 Å². The molecule has 86 valence electrons. The number of carboxylic acid groups (broad SMARTS) is 1. The Balaban J connectivity index is 2.41. The SMILES string of the molecule is C[C@H]1C[C@H](C)CN(C(=O)CCC(=O)O)C1. The van der Waals surface area contributed by atoms with Crippen molar-refractivity contribution in [3.63, 3.8) is 0 Å². The van der Waals surface area contributed by atoms with Gasteiger partial charge in [-0.1, -0.05) is 13.8 Å². The monoisotopic (exact) mass is 213 g/mol. The summed E-state index contributed by atoms with van der Waals surface area (Å²) in [5.41, 5.74) is 0. The molecule has 0 aliphatic carbocycles. The minimum atomic E-state index is -0.901. The van der Waals surface area contributed by atoms with Gasteiger partial charge in [-0.3, -0.25) is 9.59 Å². The lowest BCUT2D eigenvalue weighted by atomic mass is 9.91. The number of carbonyl (C=O) groups excluding carboxylic acids is 1. The molecule has 0 bridgehead atoms. The Labute approximate surface area is 90.3 Å². The van der Waals surface area contributed by atoms with Gasteiger partial charge in [-0.25, -0.2) is 0 Å². The van der Waals surface area contributed by atoms with Crippen LogP contribution in [0.5, 0.6) is 0 Å². The van der Waals surface area contributed by atoms with Crippen LogP contribution in [0.4, 0.5) is 0 Å². The number of carbonyl (C=O) groups is 2. The van der Waals surface area contributed by atoms with Gasteiger partial charge in [-0.15, -0.1) is 0 Å². The van der Waals surface area contributed by atoms with Gasteiger partial charge in [-0.2, -0.15) is 0 Å². The summed E-state index contributed by atoms with van der Waals surface area (Å²) in [5.74, 6) is 0.141. The maximum Gasteiger partial charge on any atom is 0.303 e. The lowest BCUT2D eigenvalue weighted by Gasteiger charge is -2.35. The molecule has 1 aliphatic rings. The normalized spacial score (nSPS) is 26.4. The van der Waals surface area contributed by atoms with Crippen LogP contribution in [0.2, 0.25) is 0 Å². The highest BCUT2D eigenvalue weighted by molar-refractivity contribution is 5.80. The van der Waals surface area contributed by atoms with Crippen molar-refractivity contribution in [3.8, 4) is 0 Å². The number of aliphatic carboxylic acids is 1. The van der Waals surface area contributed by atoms with Gasteiger partial charge >= 0.3 is 5.97 Å². The molecule has 0 unspecified atom stereocenters. The van der Waals surface area contributed by atoms with Crippen molar-refractivity contribution < 1.29 is 14.7 Å². The second kappa shape index (κ2) is 5.14. The number of hydrogen-bond donors (Lipinski definition) is 1. The van der Waals surface area contributed by atoms with E-state index < -0.39 is 5.97 Å². The third-order valence-corrected chi connectivity index (χ3v) is 2.77. The Bertz CT molecular complexity index is 242. The van der Waals surface area contributed by atoms with E-state index in [2.05, 4.69) is 13.8 Å². The van der Waals surface area contributed by atoms with Crippen LogP contribution >= 0.6 is 0 Å². The predicted molar refractivity (Wildman–Crippen MR) is 56.4 cm³/mol. The molecule has 4 heteroatoms. The quantitative estimate of drug-likeness (QED) is 0.770. The number of carboxylic acids is 1. The lowest BCUT2D eigenvalue weighted by Crippen LogP contribution is -2.42. The van der Waals surface area contributed by atoms with Gasteiger partial charge in [0.15, 0.2) is 0 Å². The summed E-state index contributed by atoms with van der Waals surface area (Å²) in [4.78, 5) is 23.8. The molecule has 0 spiro atoms. The fraction of sp³-hybridized carbons (Fsp3) is 0.818. The molecule has 1 heterocycles. The topological polar surface area (TPSA) is 57.6 Å². The van der Waals surface area contributed by atoms with Crippen molar-refractivity contribution in [3.05, 3.63) is 0 Å². The van der Waals surface area contributed by atoms with E-state index in [4.69, 9.17) is 5.11 Å². The van der Waals surface area contributed by atoms with E-state index >= 15 is 0 Å². The average Bonchev–Trinajstić information content (AvgIpc) is 2.12. The zero-order chi connectivity index (χ0) is 11.4. The number of amides is 1. The van der Waals surface area contributed by atoms with Gasteiger partial charge in [0.25, 0.3) is 0 Å². The van der Waals surface area contributed by atoms with Gasteiger partial charge in [-0.05, 0) is 18.3 Å². The van der Waals surface area contributed by atoms with E-state index in [1.165, 1.54) is 0 Å². The molecule has 0 saturated carbocycles. The first-order valence-corrected chi connectivity index (χ1v) is 5.48. The first-order chi connectivity index (χ1) is 6.99. The molecule has 1 saturated heterocycles. The summed E-state index contributed by atoms with van der Waals surface area (Å²) in [6.45, 7) is 5.83. The third-order valence-electron chi connectivity index (χ3n) is 2.77. The van der Waals surface area contributed by atoms with Crippen LogP contribution in [0.3, 0.4) is 0 Å². The van der Waals surface area contributed by atoms with Crippen LogP contribution in [-0.4, -0.2) is 35.0 Å². The Kier molecular flexibility index (Phi) is 4.12. The number of piperidine rings is 1. The van der Waals surface area contributed by atoms with Crippen molar-refractivity contribution in [1.82, 2.24) is 4.90 Å². The molecule has 0 aromatic rings. The van der Waals surface area contributed by atoms with E-state index in [0.717, 1.165) is 19.5 Å². The van der Waals surface area contributed by atoms with Crippen LogP contribution in [0.15, 0.2) is 0 Å². The fourth-order valence-electron chi connectivity index (χ4n) is 2.24. The largest absolute Gasteiger partial charge is 0.481 e. The van der Waals surface area contributed by atoms with Crippen LogP contribution in [0, 0.1) is 11.8 Å². The molecule has 0 aromatic carbocycles. The van der Waals surface area contributed by atoms with Crippen molar-refractivity contribution in [2.45, 2.75) is 33.1 Å². The Morgan fingerprint density at radius 3 is 2.20 bits per heavy atom. The van der Waals surface area contributed by atoms with E-state index in [1.54, 1.807) is 0 Å². The van der Waals surface area contributed by atoms with E-state index in [1.807, 2.05) is 4.90 Å². The zero-order valence-electron chi connectivity index (χ0n) is 9.40. The molecular weight excluding hydrogens is 194 g/mol. The average molecular weight is 213 g/mol. The molecule has 1 aliphatic heterocycles. The fourth-order valence-corrected chi connectivity index (χ4v) is 2.24. The van der Waals surface area contributed by atoms with Gasteiger partial charge in [0.2, 0.25) is 5.91 Å². The number of hydrogen-bond acceptors (Lipinski definition) is 2. The third kappa shape index (κ3) is 3.90. The maximum absolute atomic E-state index is 11.7. The van der Waals surface area contributed by atoms with Crippen LogP contribution < -0.4 is 0 Å². The Hall–Kier alpha value is -1.06. The maximum atomic E-state index is 11.7. The van der Waals surface area contributed by atoms with E-state index in [9.17, 15) is 9.59 Å². The van der Waals surface area contributed by atoms with Gasteiger partial charge in [0, 0.05) is 19.5 Å². The van der Waals surface area contributed by atoms with E-state index in [0.29, 0.717) is 11.8 Å². The summed E-state index contributed by atoms with van der Waals surface area (Å²) >= 11 is 0. The summed E-state index contributed by atoms with van der Waals surface area (Å²) in [6, 6.07) is 0. The number of nitrogens with zero attached hydrogens (tertiary/aromatic N) is 1. The van der Waals surface area contributed by atoms with Crippen molar-refractivity contribution in [1.29, 1.82) is 0 Å². The molecule has 15 heavy (non-hydrogen) atoms. The lowest BCUT2D eigenvalue weighted by molar-refractivity contribution is -0.141. The predicted octanol–water partition coefficient (Wildman–Crippen LogP) is 1.36. The minimum Gasteiger partial charge on any atom is -0.481 e. The van der Waals surface area contributed by atoms with Crippen LogP contribution in [0.25, 0.3) is 0 Å². The second-order valence-corrected chi connectivity index (χ2v) is 4.64. The summed E-state index contributed by atoms with van der Waals surface area (Å²) < 4.78 is 0. The molecule has 1 N–H and O–H groups in total. The number of rotatable bonds is 3. The van der Waals surface area contributed by atoms with Crippen LogP contribution in [-0.2, 0) is 9.59 Å². The Morgan fingerprint density at radius 2 is 1.73 bits per heavy atom. The standard InChI is InChI=1S/C11H19NO3/c1-8-5-9(2)7-12(6-8)10(13)3-4-11(14)15/h8-9H,3-7H2,1-2H3,(H,14,15)/t8-,9-/m0/s1. The number of likely N-dealkylation sites (tertiary alicyclic amines) is 1. The van der Waals surface area contributed by atoms with Gasteiger partial charge in [0.1, 0.15) is 0 Å². The van der Waals surface area contributed by atoms with Crippen molar-refractivity contribution in [2.24, 2.45) is 11.8 Å². The first kappa shape index (κ1) is 12.0. The van der Waals surface area contributed by atoms with Gasteiger partial charge < -0.3 is 10.0 Å². The first-order valence-electron chi connectivity index (χ1n) is 5.48. The molecular formula is C11H19NO3. The molecule has 1 rings (SSSR count). The molecule has 0 aromatic heterocycles. The summed E-state index contributed by atoms with van der Waals surface area (Å²) in [6.07, 6.45) is 1.23. The molecule has 0 radical (unpaired) electrons. The summed E-state index contributed by atoms with van der Waals surface area (Å²) in [7, 11) is 0. The van der Waals surface area contributed by atoms with Crippen LogP contribution in [0.1, 0.15) is 33.1 Å².